The van der Waals surface area contributed by atoms with Crippen molar-refractivity contribution in [3.05, 3.63) is 194 Å². The lowest BCUT2D eigenvalue weighted by Gasteiger charge is -2.15. The highest BCUT2D eigenvalue weighted by Crippen LogP contribution is 2.41. The zero-order chi connectivity index (χ0) is 36.7. The first-order valence-corrected chi connectivity index (χ1v) is 19.1. The second kappa shape index (κ2) is 12.0. The van der Waals surface area contributed by atoms with Gasteiger partial charge < -0.3 is 4.57 Å². The minimum Gasteiger partial charge on any atom is -0.309 e. The van der Waals surface area contributed by atoms with Crippen LogP contribution in [0, 0.1) is 0 Å². The summed E-state index contributed by atoms with van der Waals surface area (Å²) in [5.74, 6) is 0.646. The van der Waals surface area contributed by atoms with Crippen LogP contribution in [0.5, 0.6) is 0 Å². The molecule has 4 nitrogen and oxygen atoms in total. The Morgan fingerprint density at radius 2 is 0.982 bits per heavy atom. The summed E-state index contributed by atoms with van der Waals surface area (Å²) in [5, 5.41) is 10.7. The smallest absolute Gasteiger partial charge is 0.235 e. The summed E-state index contributed by atoms with van der Waals surface area (Å²) in [5.41, 5.74) is 10.8. The second-order valence-corrected chi connectivity index (χ2v) is 14.6. The monoisotopic (exact) mass is 712 g/mol. The van der Waals surface area contributed by atoms with E-state index in [2.05, 4.69) is 203 Å². The first kappa shape index (κ1) is 30.9. The highest BCUT2D eigenvalue weighted by Gasteiger charge is 2.21. The third-order valence-corrected chi connectivity index (χ3v) is 11.5. The van der Waals surface area contributed by atoms with Gasteiger partial charge in [-0.1, -0.05) is 146 Å². The zero-order valence-corrected chi connectivity index (χ0v) is 30.3. The van der Waals surface area contributed by atoms with Crippen molar-refractivity contribution in [3.8, 4) is 34.0 Å². The number of rotatable bonds is 4. The Bertz CT molecular complexity index is 3540. The quantitative estimate of drug-likeness (QED) is 0.182. The Morgan fingerprint density at radius 1 is 0.339 bits per heavy atom. The Balaban J connectivity index is 1.17. The van der Waals surface area contributed by atoms with Crippen molar-refractivity contribution < 1.29 is 0 Å². The zero-order valence-electron chi connectivity index (χ0n) is 30.3. The Morgan fingerprint density at radius 3 is 1.84 bits per heavy atom. The molecular weight excluding hydrogens is 681 g/mol. The average Bonchev–Trinajstić information content (AvgIpc) is 3.77. The number of hydrogen-bond acceptors (Lipinski definition) is 2. The van der Waals surface area contributed by atoms with Gasteiger partial charge in [-0.3, -0.25) is 4.57 Å². The predicted molar refractivity (Wildman–Crippen MR) is 234 cm³/mol. The van der Waals surface area contributed by atoms with Gasteiger partial charge in [-0.25, -0.2) is 9.97 Å². The number of aromatic nitrogens is 4. The molecule has 0 spiro atoms. The molecule has 0 saturated carbocycles. The molecule has 12 aromatic rings. The van der Waals surface area contributed by atoms with Gasteiger partial charge in [0.15, 0.2) is 0 Å². The lowest BCUT2D eigenvalue weighted by Crippen LogP contribution is -2.04. The molecule has 0 atom stereocenters. The lowest BCUT2D eigenvalue weighted by atomic mass is 9.96. The topological polar surface area (TPSA) is 35.6 Å². The van der Waals surface area contributed by atoms with Gasteiger partial charge in [0.1, 0.15) is 0 Å². The fourth-order valence-electron chi connectivity index (χ4n) is 9.00. The van der Waals surface area contributed by atoms with E-state index in [4.69, 9.17) is 9.97 Å². The molecule has 3 aromatic heterocycles. The Labute approximate surface area is 322 Å². The van der Waals surface area contributed by atoms with Crippen LogP contribution in [0.4, 0.5) is 0 Å². The van der Waals surface area contributed by atoms with Crippen LogP contribution < -0.4 is 0 Å². The molecule has 0 radical (unpaired) electrons. The van der Waals surface area contributed by atoms with E-state index in [1.807, 2.05) is 0 Å². The minimum absolute atomic E-state index is 0.646. The summed E-state index contributed by atoms with van der Waals surface area (Å²) >= 11 is 0. The SMILES string of the molecule is c1ccc(-c2ccccc2-c2nc(-n3c4ccc(-n5c6ccccc6c6cc7ccccc7cc65)cc4c4c5ccccc5ccc43)nc3ccccc23)cc1. The predicted octanol–water partition coefficient (Wildman–Crippen LogP) is 13.5. The van der Waals surface area contributed by atoms with E-state index in [1.165, 1.54) is 48.7 Å². The first-order valence-electron chi connectivity index (χ1n) is 19.1. The van der Waals surface area contributed by atoms with Crippen LogP contribution in [0.25, 0.3) is 110 Å². The number of fused-ring (bicyclic) bond motifs is 10. The van der Waals surface area contributed by atoms with Crippen LogP contribution in [0.3, 0.4) is 0 Å². The van der Waals surface area contributed by atoms with E-state index in [0.717, 1.165) is 55.4 Å². The molecule has 0 fully saturated rings. The summed E-state index contributed by atoms with van der Waals surface area (Å²) in [6, 6.07) is 69.6. The first-order chi connectivity index (χ1) is 27.8. The van der Waals surface area contributed by atoms with Crippen LogP contribution in [-0.4, -0.2) is 19.1 Å². The molecule has 0 aliphatic heterocycles. The van der Waals surface area contributed by atoms with Crippen molar-refractivity contribution in [3.63, 3.8) is 0 Å². The largest absolute Gasteiger partial charge is 0.309 e. The molecule has 12 rings (SSSR count). The molecule has 9 aromatic carbocycles. The van der Waals surface area contributed by atoms with E-state index in [0.29, 0.717) is 5.95 Å². The second-order valence-electron chi connectivity index (χ2n) is 14.6. The average molecular weight is 713 g/mol. The van der Waals surface area contributed by atoms with Gasteiger partial charge in [0.2, 0.25) is 5.95 Å². The van der Waals surface area contributed by atoms with Crippen molar-refractivity contribution in [2.24, 2.45) is 0 Å². The Hall–Kier alpha value is -7.56. The van der Waals surface area contributed by atoms with Crippen LogP contribution in [0.1, 0.15) is 0 Å². The highest BCUT2D eigenvalue weighted by atomic mass is 15.2. The van der Waals surface area contributed by atoms with Gasteiger partial charge in [0.25, 0.3) is 0 Å². The van der Waals surface area contributed by atoms with E-state index in [-0.39, 0.29) is 0 Å². The van der Waals surface area contributed by atoms with Gasteiger partial charge in [-0.2, -0.15) is 0 Å². The van der Waals surface area contributed by atoms with E-state index in [1.54, 1.807) is 0 Å². The molecule has 260 valence electrons. The summed E-state index contributed by atoms with van der Waals surface area (Å²) in [4.78, 5) is 10.8. The molecule has 56 heavy (non-hydrogen) atoms. The molecule has 0 aliphatic rings. The molecular formula is C52H32N4. The summed E-state index contributed by atoms with van der Waals surface area (Å²) in [7, 11) is 0. The van der Waals surface area contributed by atoms with Gasteiger partial charge in [-0.05, 0) is 81.2 Å². The third kappa shape index (κ3) is 4.53. The number of hydrogen-bond donors (Lipinski definition) is 0. The number of para-hydroxylation sites is 2. The fraction of sp³-hybridized carbons (Fsp3) is 0. The summed E-state index contributed by atoms with van der Waals surface area (Å²) in [6.45, 7) is 0. The van der Waals surface area contributed by atoms with E-state index in [9.17, 15) is 0 Å². The van der Waals surface area contributed by atoms with Crippen LogP contribution in [0.2, 0.25) is 0 Å². The van der Waals surface area contributed by atoms with Gasteiger partial charge >= 0.3 is 0 Å². The molecule has 0 aliphatic carbocycles. The number of nitrogens with zero attached hydrogens (tertiary/aromatic N) is 4. The molecule has 0 amide bonds. The van der Waals surface area contributed by atoms with Crippen LogP contribution in [0.15, 0.2) is 194 Å². The van der Waals surface area contributed by atoms with Crippen molar-refractivity contribution in [2.45, 2.75) is 0 Å². The Kier molecular flexibility index (Phi) is 6.60. The molecule has 0 bridgehead atoms. The third-order valence-electron chi connectivity index (χ3n) is 11.5. The van der Waals surface area contributed by atoms with E-state index >= 15 is 0 Å². The van der Waals surface area contributed by atoms with Gasteiger partial charge in [0.05, 0.1) is 33.3 Å². The fourth-order valence-corrected chi connectivity index (χ4v) is 9.00. The standard InChI is InChI=1S/C52H32N4/c1-2-14-33(15-3-1)38-19-8-9-22-41(38)51-42-23-10-12-24-45(42)53-52(54-51)56-47-29-27-37(32-44(47)50-39-20-7-6-16-34(39)26-28-48(50)56)55-46-25-13-11-21-40(46)43-30-35-17-4-5-18-36(35)31-49(43)55/h1-32H. The normalized spacial score (nSPS) is 11.9. The van der Waals surface area contributed by atoms with Crippen molar-refractivity contribution in [1.82, 2.24) is 19.1 Å². The molecule has 4 heteroatoms. The maximum absolute atomic E-state index is 5.51. The lowest BCUT2D eigenvalue weighted by molar-refractivity contribution is 1.01. The van der Waals surface area contributed by atoms with Crippen LogP contribution >= 0.6 is 0 Å². The molecule has 0 saturated heterocycles. The molecule has 3 heterocycles. The van der Waals surface area contributed by atoms with E-state index < -0.39 is 0 Å². The molecule has 0 unspecified atom stereocenters. The van der Waals surface area contributed by atoms with Gasteiger partial charge in [0, 0.05) is 38.2 Å². The van der Waals surface area contributed by atoms with Crippen molar-refractivity contribution >= 4 is 76.1 Å². The highest BCUT2D eigenvalue weighted by molar-refractivity contribution is 6.22. The van der Waals surface area contributed by atoms with Gasteiger partial charge in [-0.15, -0.1) is 0 Å². The maximum atomic E-state index is 5.51. The molecule has 0 N–H and O–H groups in total. The van der Waals surface area contributed by atoms with Crippen molar-refractivity contribution in [1.29, 1.82) is 0 Å². The van der Waals surface area contributed by atoms with Crippen LogP contribution in [-0.2, 0) is 0 Å². The maximum Gasteiger partial charge on any atom is 0.235 e. The minimum atomic E-state index is 0.646. The summed E-state index contributed by atoms with van der Waals surface area (Å²) < 4.78 is 4.69. The summed E-state index contributed by atoms with van der Waals surface area (Å²) in [6.07, 6.45) is 0. The number of benzene rings is 9. The van der Waals surface area contributed by atoms with Crippen molar-refractivity contribution in [2.75, 3.05) is 0 Å².